The van der Waals surface area contributed by atoms with Gasteiger partial charge in [0, 0.05) is 5.92 Å². The zero-order valence-electron chi connectivity index (χ0n) is 14.0. The van der Waals surface area contributed by atoms with E-state index < -0.39 is 29.9 Å². The summed E-state index contributed by atoms with van der Waals surface area (Å²) in [5, 5.41) is 39.4. The molecule has 0 unspecified atom stereocenters. The normalized spacial score (nSPS) is 39.1. The van der Waals surface area contributed by atoms with Crippen LogP contribution in [-0.4, -0.2) is 56.9 Å². The molecule has 0 aromatic rings. The van der Waals surface area contributed by atoms with Crippen LogP contribution in [0.3, 0.4) is 0 Å². The van der Waals surface area contributed by atoms with E-state index in [0.29, 0.717) is 5.57 Å². The van der Waals surface area contributed by atoms with E-state index in [2.05, 4.69) is 0 Å². The molecule has 6 heteroatoms. The molecule has 0 bridgehead atoms. The lowest BCUT2D eigenvalue weighted by Gasteiger charge is -2.30. The SMILES string of the molecule is C/C(=C\CO)[C@H]1OC(=O)C[C@H](O)CC[C@@](C)(O)[C@@H](O)/C=C/[C@@H]1C. The number of hydrogen-bond acceptors (Lipinski definition) is 6. The highest BCUT2D eigenvalue weighted by Crippen LogP contribution is 2.24. The average molecular weight is 328 g/mol. The Hall–Kier alpha value is -1.21. The van der Waals surface area contributed by atoms with Gasteiger partial charge in [0.2, 0.25) is 0 Å². The molecule has 0 aromatic carbocycles. The summed E-state index contributed by atoms with van der Waals surface area (Å²) in [6, 6.07) is 0. The molecule has 1 rings (SSSR count). The van der Waals surface area contributed by atoms with Crippen molar-refractivity contribution in [3.63, 3.8) is 0 Å². The fourth-order valence-electron chi connectivity index (χ4n) is 2.55. The Morgan fingerprint density at radius 2 is 2.09 bits per heavy atom. The number of esters is 1. The first kappa shape index (κ1) is 19.8. The number of rotatable bonds is 2. The fourth-order valence-corrected chi connectivity index (χ4v) is 2.55. The molecule has 0 saturated heterocycles. The molecule has 0 aliphatic carbocycles. The minimum atomic E-state index is -1.38. The summed E-state index contributed by atoms with van der Waals surface area (Å²) in [6.07, 6.45) is 2.25. The zero-order valence-corrected chi connectivity index (χ0v) is 14.0. The summed E-state index contributed by atoms with van der Waals surface area (Å²) in [6.45, 7) is 4.88. The van der Waals surface area contributed by atoms with E-state index in [-0.39, 0.29) is 31.8 Å². The third-order valence-corrected chi connectivity index (χ3v) is 4.22. The van der Waals surface area contributed by atoms with Crippen LogP contribution in [-0.2, 0) is 9.53 Å². The first-order chi connectivity index (χ1) is 10.7. The van der Waals surface area contributed by atoms with E-state index in [4.69, 9.17) is 9.84 Å². The largest absolute Gasteiger partial charge is 0.457 e. The summed E-state index contributed by atoms with van der Waals surface area (Å²) in [4.78, 5) is 12.0. The Bertz CT molecular complexity index is 454. The molecule has 1 aliphatic heterocycles. The third-order valence-electron chi connectivity index (χ3n) is 4.22. The van der Waals surface area contributed by atoms with Gasteiger partial charge < -0.3 is 25.2 Å². The van der Waals surface area contributed by atoms with Crippen LogP contribution in [0.2, 0.25) is 0 Å². The minimum absolute atomic E-state index is 0.161. The molecule has 0 saturated carbocycles. The van der Waals surface area contributed by atoms with Crippen LogP contribution in [0.5, 0.6) is 0 Å². The Labute approximate surface area is 137 Å². The second-order valence-electron chi connectivity index (χ2n) is 6.48. The second-order valence-corrected chi connectivity index (χ2v) is 6.48. The first-order valence-corrected chi connectivity index (χ1v) is 7.91. The van der Waals surface area contributed by atoms with Crippen LogP contribution >= 0.6 is 0 Å². The molecule has 0 aromatic heterocycles. The van der Waals surface area contributed by atoms with Gasteiger partial charge in [0.25, 0.3) is 0 Å². The van der Waals surface area contributed by atoms with Gasteiger partial charge in [0.15, 0.2) is 0 Å². The molecule has 132 valence electrons. The average Bonchev–Trinajstić information content (AvgIpc) is 2.47. The lowest BCUT2D eigenvalue weighted by Crippen LogP contribution is -2.39. The van der Waals surface area contributed by atoms with Crippen molar-refractivity contribution in [2.75, 3.05) is 6.61 Å². The van der Waals surface area contributed by atoms with Crippen LogP contribution in [0.4, 0.5) is 0 Å². The summed E-state index contributed by atoms with van der Waals surface area (Å²) in [5.74, 6) is -0.794. The van der Waals surface area contributed by atoms with E-state index in [1.807, 2.05) is 6.92 Å². The Kier molecular flexibility index (Phi) is 7.41. The zero-order chi connectivity index (χ0) is 17.6. The maximum atomic E-state index is 12.0. The third kappa shape index (κ3) is 6.06. The molecule has 4 N–H and O–H groups in total. The van der Waals surface area contributed by atoms with Gasteiger partial charge in [-0.05, 0) is 32.3 Å². The van der Waals surface area contributed by atoms with Crippen molar-refractivity contribution in [2.24, 2.45) is 5.92 Å². The molecule has 0 fully saturated rings. The van der Waals surface area contributed by atoms with Gasteiger partial charge in [-0.25, -0.2) is 0 Å². The summed E-state index contributed by atoms with van der Waals surface area (Å²) in [5.41, 5.74) is -0.697. The molecule has 1 heterocycles. The topological polar surface area (TPSA) is 107 Å². The smallest absolute Gasteiger partial charge is 0.309 e. The maximum Gasteiger partial charge on any atom is 0.309 e. The van der Waals surface area contributed by atoms with Crippen molar-refractivity contribution in [2.45, 2.75) is 63.9 Å². The fraction of sp³-hybridized carbons (Fsp3) is 0.706. The summed E-state index contributed by atoms with van der Waals surface area (Å²) in [7, 11) is 0. The van der Waals surface area contributed by atoms with Gasteiger partial charge in [-0.2, -0.15) is 0 Å². The van der Waals surface area contributed by atoms with Crippen molar-refractivity contribution in [1.29, 1.82) is 0 Å². The number of aliphatic hydroxyl groups is 4. The van der Waals surface area contributed by atoms with Crippen LogP contribution in [0.15, 0.2) is 23.8 Å². The number of aliphatic hydroxyl groups excluding tert-OH is 3. The Morgan fingerprint density at radius 1 is 1.43 bits per heavy atom. The van der Waals surface area contributed by atoms with E-state index >= 15 is 0 Å². The molecule has 1 aliphatic rings. The Morgan fingerprint density at radius 3 is 2.70 bits per heavy atom. The predicted octanol–water partition coefficient (Wildman–Crippen LogP) is 0.686. The number of hydrogen-bond donors (Lipinski definition) is 4. The maximum absolute atomic E-state index is 12.0. The van der Waals surface area contributed by atoms with Crippen LogP contribution < -0.4 is 0 Å². The van der Waals surface area contributed by atoms with Gasteiger partial charge >= 0.3 is 5.97 Å². The van der Waals surface area contributed by atoms with Gasteiger partial charge in [0.05, 0.1) is 24.7 Å². The first-order valence-electron chi connectivity index (χ1n) is 7.91. The standard InChI is InChI=1S/C17H28O6/c1-11-4-5-14(20)17(3,22)8-6-13(19)10-15(21)23-16(11)12(2)7-9-18/h4-5,7,11,13-14,16,18-20,22H,6,8-10H2,1-3H3/b5-4+,12-7+/t11-,13+,14-,16-,17+/m0/s1. The Balaban J connectivity index is 3.08. The molecule has 0 spiro atoms. The number of ether oxygens (including phenoxy) is 1. The summed E-state index contributed by atoms with van der Waals surface area (Å²) < 4.78 is 5.43. The van der Waals surface area contributed by atoms with Gasteiger partial charge in [0.1, 0.15) is 12.2 Å². The number of cyclic esters (lactones) is 1. The van der Waals surface area contributed by atoms with Crippen molar-refractivity contribution < 1.29 is 30.0 Å². The van der Waals surface area contributed by atoms with E-state index in [1.165, 1.54) is 13.0 Å². The lowest BCUT2D eigenvalue weighted by molar-refractivity contribution is -0.151. The van der Waals surface area contributed by atoms with Gasteiger partial charge in [-0.15, -0.1) is 0 Å². The molecular formula is C17H28O6. The molecule has 6 nitrogen and oxygen atoms in total. The minimum Gasteiger partial charge on any atom is -0.457 e. The molecular weight excluding hydrogens is 300 g/mol. The van der Waals surface area contributed by atoms with Crippen LogP contribution in [0, 0.1) is 5.92 Å². The quantitative estimate of drug-likeness (QED) is 0.439. The molecule has 23 heavy (non-hydrogen) atoms. The number of carbonyl (C=O) groups is 1. The highest BCUT2D eigenvalue weighted by atomic mass is 16.5. The van der Waals surface area contributed by atoms with Crippen LogP contribution in [0.25, 0.3) is 0 Å². The van der Waals surface area contributed by atoms with Crippen molar-refractivity contribution in [3.8, 4) is 0 Å². The highest BCUT2D eigenvalue weighted by molar-refractivity contribution is 5.70. The number of carbonyl (C=O) groups excluding carboxylic acids is 1. The second kappa shape index (κ2) is 8.59. The lowest BCUT2D eigenvalue weighted by atomic mass is 9.89. The molecule has 0 radical (unpaired) electrons. The van der Waals surface area contributed by atoms with Gasteiger partial charge in [-0.1, -0.05) is 25.2 Å². The summed E-state index contributed by atoms with van der Waals surface area (Å²) >= 11 is 0. The predicted molar refractivity (Wildman–Crippen MR) is 85.5 cm³/mol. The van der Waals surface area contributed by atoms with Crippen molar-refractivity contribution in [3.05, 3.63) is 23.8 Å². The van der Waals surface area contributed by atoms with E-state index in [0.717, 1.165) is 0 Å². The van der Waals surface area contributed by atoms with Crippen molar-refractivity contribution >= 4 is 5.97 Å². The molecule has 0 amide bonds. The van der Waals surface area contributed by atoms with Gasteiger partial charge in [-0.3, -0.25) is 4.79 Å². The van der Waals surface area contributed by atoms with E-state index in [1.54, 1.807) is 19.1 Å². The highest BCUT2D eigenvalue weighted by Gasteiger charge is 2.31. The van der Waals surface area contributed by atoms with Crippen LogP contribution in [0.1, 0.15) is 40.0 Å². The van der Waals surface area contributed by atoms with Crippen molar-refractivity contribution in [1.82, 2.24) is 0 Å². The monoisotopic (exact) mass is 328 g/mol. The molecule has 5 atom stereocenters. The van der Waals surface area contributed by atoms with E-state index in [9.17, 15) is 20.1 Å².